The Morgan fingerprint density at radius 1 is 1.30 bits per heavy atom. The van der Waals surface area contributed by atoms with Gasteiger partial charge in [0.15, 0.2) is 0 Å². The molecule has 0 radical (unpaired) electrons. The largest absolute Gasteiger partial charge is 0.351 e. The molecule has 1 amide bonds. The van der Waals surface area contributed by atoms with E-state index in [4.69, 9.17) is 0 Å². The van der Waals surface area contributed by atoms with Gasteiger partial charge in [-0.05, 0) is 65.1 Å². The van der Waals surface area contributed by atoms with Crippen molar-refractivity contribution in [2.75, 3.05) is 0 Å². The summed E-state index contributed by atoms with van der Waals surface area (Å²) in [5.41, 5.74) is 0.380. The molecule has 1 saturated carbocycles. The van der Waals surface area contributed by atoms with Gasteiger partial charge in [-0.1, -0.05) is 20.8 Å². The first-order valence-electron chi connectivity index (χ1n) is 7.38. The lowest BCUT2D eigenvalue weighted by atomic mass is 9.70. The zero-order chi connectivity index (χ0) is 14.8. The van der Waals surface area contributed by atoms with Crippen LogP contribution in [0.1, 0.15) is 51.3 Å². The lowest BCUT2D eigenvalue weighted by Gasteiger charge is -2.36. The van der Waals surface area contributed by atoms with Crippen LogP contribution in [0.3, 0.4) is 0 Å². The normalized spacial score (nSPS) is 23.6. The minimum absolute atomic E-state index is 0.219. The number of rotatable bonds is 3. The predicted octanol–water partition coefficient (Wildman–Crippen LogP) is 4.98. The highest BCUT2D eigenvalue weighted by Gasteiger charge is 2.32. The van der Waals surface area contributed by atoms with Crippen molar-refractivity contribution >= 4 is 33.2 Å². The molecule has 4 heteroatoms. The molecule has 1 fully saturated rings. The summed E-state index contributed by atoms with van der Waals surface area (Å²) in [5, 5.41) is 3.09. The maximum atomic E-state index is 12.2. The third kappa shape index (κ3) is 4.32. The minimum atomic E-state index is 0.219. The van der Waals surface area contributed by atoms with Crippen LogP contribution in [0.4, 0.5) is 0 Å². The summed E-state index contributed by atoms with van der Waals surface area (Å²) in [6.45, 7) is 7.60. The summed E-state index contributed by atoms with van der Waals surface area (Å²) in [4.78, 5) is 13.4. The first-order valence-corrected chi connectivity index (χ1v) is 8.99. The molecular weight excluding hydrogens is 334 g/mol. The van der Waals surface area contributed by atoms with E-state index in [0.29, 0.717) is 12.0 Å². The molecule has 2 nitrogen and oxygen atoms in total. The van der Waals surface area contributed by atoms with Gasteiger partial charge in [0.2, 0.25) is 5.91 Å². The van der Waals surface area contributed by atoms with E-state index in [2.05, 4.69) is 48.1 Å². The topological polar surface area (TPSA) is 29.1 Å². The van der Waals surface area contributed by atoms with E-state index in [1.54, 1.807) is 11.3 Å². The smallest absolute Gasteiger partial charge is 0.223 e. The van der Waals surface area contributed by atoms with Crippen LogP contribution in [-0.4, -0.2) is 5.91 Å². The highest BCUT2D eigenvalue weighted by molar-refractivity contribution is 9.11. The molecule has 0 bridgehead atoms. The first kappa shape index (κ1) is 16.0. The van der Waals surface area contributed by atoms with Gasteiger partial charge in [-0.25, -0.2) is 0 Å². The van der Waals surface area contributed by atoms with Gasteiger partial charge in [0.05, 0.1) is 10.3 Å². The van der Waals surface area contributed by atoms with Gasteiger partial charge < -0.3 is 5.32 Å². The molecule has 0 aliphatic heterocycles. The predicted molar refractivity (Wildman–Crippen MR) is 88.8 cm³/mol. The van der Waals surface area contributed by atoms with Crippen molar-refractivity contribution < 1.29 is 4.79 Å². The second-order valence-electron chi connectivity index (χ2n) is 6.84. The maximum Gasteiger partial charge on any atom is 0.223 e. The Labute approximate surface area is 134 Å². The number of hydrogen-bond acceptors (Lipinski definition) is 2. The van der Waals surface area contributed by atoms with Crippen LogP contribution in [0.5, 0.6) is 0 Å². The fourth-order valence-corrected chi connectivity index (χ4v) is 4.41. The Balaban J connectivity index is 1.77. The highest BCUT2D eigenvalue weighted by Crippen LogP contribution is 2.39. The molecule has 0 aromatic carbocycles. The van der Waals surface area contributed by atoms with Crippen molar-refractivity contribution in [1.82, 2.24) is 5.32 Å². The van der Waals surface area contributed by atoms with Crippen LogP contribution in [-0.2, 0) is 11.3 Å². The number of amides is 1. The minimum Gasteiger partial charge on any atom is -0.351 e. The van der Waals surface area contributed by atoms with E-state index in [1.165, 1.54) is 17.7 Å². The molecule has 112 valence electrons. The molecule has 1 aromatic heterocycles. The van der Waals surface area contributed by atoms with Crippen LogP contribution in [0.2, 0.25) is 0 Å². The van der Waals surface area contributed by atoms with E-state index >= 15 is 0 Å². The van der Waals surface area contributed by atoms with E-state index in [9.17, 15) is 4.79 Å². The van der Waals surface area contributed by atoms with Crippen molar-refractivity contribution in [3.05, 3.63) is 20.8 Å². The summed E-state index contributed by atoms with van der Waals surface area (Å²) in [7, 11) is 0. The van der Waals surface area contributed by atoms with Gasteiger partial charge >= 0.3 is 0 Å². The van der Waals surface area contributed by atoms with Gasteiger partial charge in [-0.15, -0.1) is 11.3 Å². The molecule has 0 atom stereocenters. The highest BCUT2D eigenvalue weighted by atomic mass is 79.9. The van der Waals surface area contributed by atoms with Gasteiger partial charge in [0.25, 0.3) is 0 Å². The molecule has 0 saturated heterocycles. The Morgan fingerprint density at radius 2 is 1.95 bits per heavy atom. The van der Waals surface area contributed by atoms with Crippen molar-refractivity contribution in [1.29, 1.82) is 0 Å². The number of thiophene rings is 1. The molecular formula is C16H24BrNOS. The molecule has 0 spiro atoms. The molecule has 1 aliphatic rings. The SMILES string of the molecule is CC(C)(C)C1CCC(C(=O)NCc2ccc(Br)s2)CC1. The van der Waals surface area contributed by atoms with E-state index in [-0.39, 0.29) is 11.8 Å². The second kappa shape index (κ2) is 6.61. The standard InChI is InChI=1S/C16H24BrNOS/c1-16(2,3)12-6-4-11(5-7-12)15(19)18-10-13-8-9-14(17)20-13/h8-9,11-12H,4-7,10H2,1-3H3,(H,18,19). The van der Waals surface area contributed by atoms with Crippen LogP contribution in [0, 0.1) is 17.3 Å². The fraction of sp³-hybridized carbons (Fsp3) is 0.688. The average Bonchev–Trinajstić information content (AvgIpc) is 2.81. The van der Waals surface area contributed by atoms with Crippen LogP contribution in [0.15, 0.2) is 15.9 Å². The van der Waals surface area contributed by atoms with Gasteiger partial charge in [-0.2, -0.15) is 0 Å². The third-order valence-electron chi connectivity index (χ3n) is 4.39. The summed E-state index contributed by atoms with van der Waals surface area (Å²) in [6, 6.07) is 4.09. The van der Waals surface area contributed by atoms with Gasteiger partial charge in [0, 0.05) is 10.8 Å². The first-order chi connectivity index (χ1) is 9.36. The average molecular weight is 358 g/mol. The zero-order valence-electron chi connectivity index (χ0n) is 12.5. The zero-order valence-corrected chi connectivity index (χ0v) is 14.9. The number of halogens is 1. The van der Waals surface area contributed by atoms with Crippen molar-refractivity contribution in [3.8, 4) is 0 Å². The molecule has 0 unspecified atom stereocenters. The lowest BCUT2D eigenvalue weighted by Crippen LogP contribution is -2.34. The van der Waals surface area contributed by atoms with Crippen molar-refractivity contribution in [3.63, 3.8) is 0 Å². The molecule has 20 heavy (non-hydrogen) atoms. The molecule has 1 N–H and O–H groups in total. The summed E-state index contributed by atoms with van der Waals surface area (Å²) >= 11 is 5.13. The number of carbonyl (C=O) groups is 1. The summed E-state index contributed by atoms with van der Waals surface area (Å²) in [5.74, 6) is 1.22. The number of carbonyl (C=O) groups excluding carboxylic acids is 1. The van der Waals surface area contributed by atoms with E-state index in [1.807, 2.05) is 6.07 Å². The quantitative estimate of drug-likeness (QED) is 0.811. The molecule has 1 aliphatic carbocycles. The number of nitrogens with one attached hydrogen (secondary N) is 1. The van der Waals surface area contributed by atoms with Gasteiger partial charge in [0.1, 0.15) is 0 Å². The molecule has 1 heterocycles. The van der Waals surface area contributed by atoms with Crippen LogP contribution in [0.25, 0.3) is 0 Å². The Hall–Kier alpha value is -0.350. The van der Waals surface area contributed by atoms with E-state index < -0.39 is 0 Å². The molecule has 1 aromatic rings. The molecule has 2 rings (SSSR count). The van der Waals surface area contributed by atoms with E-state index in [0.717, 1.165) is 22.5 Å². The van der Waals surface area contributed by atoms with Crippen molar-refractivity contribution in [2.24, 2.45) is 17.3 Å². The van der Waals surface area contributed by atoms with Crippen molar-refractivity contribution in [2.45, 2.75) is 53.0 Å². The fourth-order valence-electron chi connectivity index (χ4n) is 2.99. The number of hydrogen-bond donors (Lipinski definition) is 1. The van der Waals surface area contributed by atoms with Crippen LogP contribution >= 0.6 is 27.3 Å². The maximum absolute atomic E-state index is 12.2. The monoisotopic (exact) mass is 357 g/mol. The Morgan fingerprint density at radius 3 is 2.45 bits per heavy atom. The Kier molecular flexibility index (Phi) is 5.30. The van der Waals surface area contributed by atoms with Crippen LogP contribution < -0.4 is 5.32 Å². The third-order valence-corrected chi connectivity index (χ3v) is 6.01. The lowest BCUT2D eigenvalue weighted by molar-refractivity contribution is -0.126. The Bertz CT molecular complexity index is 455. The van der Waals surface area contributed by atoms with Gasteiger partial charge in [-0.3, -0.25) is 4.79 Å². The summed E-state index contributed by atoms with van der Waals surface area (Å²) < 4.78 is 1.12. The second-order valence-corrected chi connectivity index (χ2v) is 9.39. The summed E-state index contributed by atoms with van der Waals surface area (Å²) in [6.07, 6.45) is 4.46.